The van der Waals surface area contributed by atoms with Crippen LogP contribution < -0.4 is 4.74 Å². The molecule has 1 heterocycles. The van der Waals surface area contributed by atoms with Crippen LogP contribution in [-0.4, -0.2) is 11.0 Å². The summed E-state index contributed by atoms with van der Waals surface area (Å²) in [5.74, 6) is 0.110. The lowest BCUT2D eigenvalue weighted by Crippen LogP contribution is -2.03. The molecule has 3 aromatic rings. The second kappa shape index (κ2) is 8.41. The maximum absolute atomic E-state index is 11.9. The van der Waals surface area contributed by atoms with Gasteiger partial charge in [-0.2, -0.15) is 0 Å². The smallest absolute Gasteiger partial charge is 0.336 e. The summed E-state index contributed by atoms with van der Waals surface area (Å²) in [4.78, 5) is 16.1. The standard InChI is InChI=1S/C22H17NO2/c24-22(16-12-18-6-2-1-3-7-18)25-21-14-10-19(11-15-21)9-13-20-8-4-5-17-23-20/h1-17H/b13-9+,16-12+. The van der Waals surface area contributed by atoms with Gasteiger partial charge in [-0.1, -0.05) is 54.6 Å². The van der Waals surface area contributed by atoms with E-state index < -0.39 is 5.97 Å². The Hall–Kier alpha value is -3.46. The highest BCUT2D eigenvalue weighted by Crippen LogP contribution is 2.15. The number of pyridine rings is 1. The van der Waals surface area contributed by atoms with Gasteiger partial charge in [0.1, 0.15) is 5.75 Å². The van der Waals surface area contributed by atoms with E-state index in [1.54, 1.807) is 24.4 Å². The lowest BCUT2D eigenvalue weighted by Gasteiger charge is -2.01. The molecule has 0 atom stereocenters. The number of hydrogen-bond acceptors (Lipinski definition) is 3. The second-order valence-electron chi connectivity index (χ2n) is 5.32. The third-order valence-corrected chi connectivity index (χ3v) is 3.44. The summed E-state index contributed by atoms with van der Waals surface area (Å²) in [6.45, 7) is 0. The molecule has 0 fully saturated rings. The van der Waals surface area contributed by atoms with Gasteiger partial charge in [0.15, 0.2) is 0 Å². The molecule has 0 aliphatic carbocycles. The first-order valence-electron chi connectivity index (χ1n) is 7.94. The highest BCUT2D eigenvalue weighted by molar-refractivity contribution is 5.88. The van der Waals surface area contributed by atoms with Crippen LogP contribution in [0.15, 0.2) is 85.1 Å². The Kier molecular flexibility index (Phi) is 5.52. The molecule has 2 aromatic carbocycles. The molecule has 0 spiro atoms. The fraction of sp³-hybridized carbons (Fsp3) is 0. The van der Waals surface area contributed by atoms with Gasteiger partial charge < -0.3 is 4.74 Å². The summed E-state index contributed by atoms with van der Waals surface area (Å²) in [5.41, 5.74) is 2.85. The Balaban J connectivity index is 1.58. The van der Waals surface area contributed by atoms with Crippen LogP contribution >= 0.6 is 0 Å². The molecule has 0 N–H and O–H groups in total. The average molecular weight is 327 g/mol. The molecule has 0 saturated heterocycles. The van der Waals surface area contributed by atoms with Crippen molar-refractivity contribution in [3.63, 3.8) is 0 Å². The van der Waals surface area contributed by atoms with Crippen molar-refractivity contribution in [2.24, 2.45) is 0 Å². The molecular formula is C22H17NO2. The SMILES string of the molecule is O=C(/C=C/c1ccccc1)Oc1ccc(/C=C/c2ccccn2)cc1. The van der Waals surface area contributed by atoms with Gasteiger partial charge in [0.25, 0.3) is 0 Å². The molecule has 25 heavy (non-hydrogen) atoms. The zero-order valence-electron chi connectivity index (χ0n) is 13.6. The van der Waals surface area contributed by atoms with Crippen molar-refractivity contribution in [3.05, 3.63) is 102 Å². The van der Waals surface area contributed by atoms with Crippen LogP contribution in [0.25, 0.3) is 18.2 Å². The van der Waals surface area contributed by atoms with Crippen molar-refractivity contribution < 1.29 is 9.53 Å². The summed E-state index contributed by atoms with van der Waals surface area (Å²) < 4.78 is 5.29. The minimum absolute atomic E-state index is 0.402. The fourth-order valence-electron chi connectivity index (χ4n) is 2.18. The molecule has 0 unspecified atom stereocenters. The van der Waals surface area contributed by atoms with Crippen molar-refractivity contribution in [2.45, 2.75) is 0 Å². The van der Waals surface area contributed by atoms with E-state index in [2.05, 4.69) is 4.98 Å². The van der Waals surface area contributed by atoms with Gasteiger partial charge in [-0.05, 0) is 47.5 Å². The summed E-state index contributed by atoms with van der Waals surface area (Å²) in [6.07, 6.45) is 8.80. The van der Waals surface area contributed by atoms with Gasteiger partial charge in [-0.25, -0.2) is 4.79 Å². The highest BCUT2D eigenvalue weighted by Gasteiger charge is 2.00. The first-order chi connectivity index (χ1) is 12.3. The third-order valence-electron chi connectivity index (χ3n) is 3.44. The monoisotopic (exact) mass is 327 g/mol. The number of nitrogens with zero attached hydrogens (tertiary/aromatic N) is 1. The fourth-order valence-corrected chi connectivity index (χ4v) is 2.18. The number of carbonyl (C=O) groups excluding carboxylic acids is 1. The first-order valence-corrected chi connectivity index (χ1v) is 7.94. The molecule has 3 heteroatoms. The summed E-state index contributed by atoms with van der Waals surface area (Å²) in [7, 11) is 0. The van der Waals surface area contributed by atoms with E-state index in [4.69, 9.17) is 4.74 Å². The van der Waals surface area contributed by atoms with Crippen molar-refractivity contribution in [1.82, 2.24) is 4.98 Å². The second-order valence-corrected chi connectivity index (χ2v) is 5.32. The molecule has 0 saturated carbocycles. The lowest BCUT2D eigenvalue weighted by molar-refractivity contribution is -0.128. The van der Waals surface area contributed by atoms with Gasteiger partial charge in [0.05, 0.1) is 5.69 Å². The maximum atomic E-state index is 11.9. The quantitative estimate of drug-likeness (QED) is 0.381. The summed E-state index contributed by atoms with van der Waals surface area (Å²) >= 11 is 0. The molecule has 122 valence electrons. The molecule has 1 aromatic heterocycles. The van der Waals surface area contributed by atoms with E-state index in [1.165, 1.54) is 6.08 Å². The van der Waals surface area contributed by atoms with Gasteiger partial charge in [0.2, 0.25) is 0 Å². The van der Waals surface area contributed by atoms with Crippen LogP contribution in [0.4, 0.5) is 0 Å². The Morgan fingerprint density at radius 1 is 0.760 bits per heavy atom. The lowest BCUT2D eigenvalue weighted by atomic mass is 10.2. The molecule has 3 nitrogen and oxygen atoms in total. The predicted molar refractivity (Wildman–Crippen MR) is 101 cm³/mol. The van der Waals surface area contributed by atoms with Crippen molar-refractivity contribution >= 4 is 24.2 Å². The summed E-state index contributed by atoms with van der Waals surface area (Å²) in [6, 6.07) is 22.7. The number of rotatable bonds is 5. The van der Waals surface area contributed by atoms with Crippen LogP contribution in [0.3, 0.4) is 0 Å². The number of benzene rings is 2. The Morgan fingerprint density at radius 2 is 1.48 bits per heavy atom. The van der Waals surface area contributed by atoms with E-state index in [9.17, 15) is 4.79 Å². The number of carbonyl (C=O) groups is 1. The Labute approximate surface area is 146 Å². The largest absolute Gasteiger partial charge is 0.423 e. The van der Waals surface area contributed by atoms with Gasteiger partial charge in [0, 0.05) is 12.3 Å². The molecule has 0 amide bonds. The van der Waals surface area contributed by atoms with E-state index in [-0.39, 0.29) is 0 Å². The van der Waals surface area contributed by atoms with Crippen LogP contribution in [-0.2, 0) is 4.79 Å². The highest BCUT2D eigenvalue weighted by atomic mass is 16.5. The molecule has 0 aliphatic heterocycles. The molecule has 3 rings (SSSR count). The average Bonchev–Trinajstić information content (AvgIpc) is 2.67. The van der Waals surface area contributed by atoms with Gasteiger partial charge in [-0.3, -0.25) is 4.98 Å². The molecule has 0 radical (unpaired) electrons. The van der Waals surface area contributed by atoms with Gasteiger partial charge in [-0.15, -0.1) is 0 Å². The first kappa shape index (κ1) is 16.4. The Morgan fingerprint density at radius 3 is 2.20 bits per heavy atom. The number of ether oxygens (including phenoxy) is 1. The number of esters is 1. The summed E-state index contributed by atoms with van der Waals surface area (Å²) in [5, 5.41) is 0. The topological polar surface area (TPSA) is 39.2 Å². The van der Waals surface area contributed by atoms with Crippen molar-refractivity contribution in [1.29, 1.82) is 0 Å². The molecule has 0 bridgehead atoms. The third kappa shape index (κ3) is 5.29. The maximum Gasteiger partial charge on any atom is 0.336 e. The van der Waals surface area contributed by atoms with E-state index in [0.29, 0.717) is 5.75 Å². The normalized spacial score (nSPS) is 11.0. The van der Waals surface area contributed by atoms with Gasteiger partial charge >= 0.3 is 5.97 Å². The van der Waals surface area contributed by atoms with Crippen LogP contribution in [0.5, 0.6) is 5.75 Å². The number of hydrogen-bond donors (Lipinski definition) is 0. The predicted octanol–water partition coefficient (Wildman–Crippen LogP) is 4.87. The minimum Gasteiger partial charge on any atom is -0.423 e. The van der Waals surface area contributed by atoms with E-state index in [1.807, 2.05) is 72.8 Å². The Bertz CT molecular complexity index is 867. The number of aromatic nitrogens is 1. The van der Waals surface area contributed by atoms with E-state index in [0.717, 1.165) is 16.8 Å². The zero-order valence-corrected chi connectivity index (χ0v) is 13.6. The minimum atomic E-state index is -0.402. The zero-order chi connectivity index (χ0) is 17.3. The van der Waals surface area contributed by atoms with Crippen molar-refractivity contribution in [3.8, 4) is 5.75 Å². The van der Waals surface area contributed by atoms with Crippen LogP contribution in [0.1, 0.15) is 16.8 Å². The van der Waals surface area contributed by atoms with E-state index >= 15 is 0 Å². The van der Waals surface area contributed by atoms with Crippen LogP contribution in [0, 0.1) is 0 Å². The van der Waals surface area contributed by atoms with Crippen molar-refractivity contribution in [2.75, 3.05) is 0 Å². The van der Waals surface area contributed by atoms with Crippen LogP contribution in [0.2, 0.25) is 0 Å². The molecule has 0 aliphatic rings. The molecular weight excluding hydrogens is 310 g/mol.